The van der Waals surface area contributed by atoms with Gasteiger partial charge in [-0.1, -0.05) is 0 Å². The third-order valence-electron chi connectivity index (χ3n) is 2.30. The number of aryl methyl sites for hydroxylation is 2. The summed E-state index contributed by atoms with van der Waals surface area (Å²) < 4.78 is 5.48. The first kappa shape index (κ1) is 12.4. The van der Waals surface area contributed by atoms with Crippen molar-refractivity contribution in [3.8, 4) is 5.75 Å². The minimum atomic E-state index is -0.216. The summed E-state index contributed by atoms with van der Waals surface area (Å²) in [6, 6.07) is 3.63. The highest BCUT2D eigenvalue weighted by molar-refractivity contribution is 5.90. The van der Waals surface area contributed by atoms with Gasteiger partial charge in [-0.15, -0.1) is 0 Å². The zero-order valence-corrected chi connectivity index (χ0v) is 10.2. The molecule has 0 saturated heterocycles. The number of urea groups is 1. The van der Waals surface area contributed by atoms with E-state index in [2.05, 4.69) is 10.6 Å². The van der Waals surface area contributed by atoms with Gasteiger partial charge in [-0.05, 0) is 44.0 Å². The first-order chi connectivity index (χ1) is 7.58. The number of amides is 2. The Morgan fingerprint density at radius 1 is 1.31 bits per heavy atom. The second kappa shape index (κ2) is 5.39. The quantitative estimate of drug-likeness (QED) is 0.825. The molecule has 4 heteroatoms. The van der Waals surface area contributed by atoms with Gasteiger partial charge < -0.3 is 15.4 Å². The molecule has 0 unspecified atom stereocenters. The Morgan fingerprint density at radius 2 is 2.00 bits per heavy atom. The van der Waals surface area contributed by atoms with Crippen LogP contribution in [-0.4, -0.2) is 19.7 Å². The summed E-state index contributed by atoms with van der Waals surface area (Å²) in [7, 11) is 1.59. The average Bonchev–Trinajstić information content (AvgIpc) is 2.25. The molecule has 2 amide bonds. The molecular weight excluding hydrogens is 204 g/mol. The number of ether oxygens (including phenoxy) is 1. The van der Waals surface area contributed by atoms with E-state index >= 15 is 0 Å². The molecule has 0 atom stereocenters. The number of hydrogen-bond acceptors (Lipinski definition) is 2. The van der Waals surface area contributed by atoms with Crippen LogP contribution in [0.1, 0.15) is 18.1 Å². The number of hydrogen-bond donors (Lipinski definition) is 2. The van der Waals surface area contributed by atoms with Crippen molar-refractivity contribution < 1.29 is 9.53 Å². The molecule has 1 aromatic rings. The summed E-state index contributed by atoms with van der Waals surface area (Å²) in [5, 5.41) is 5.28. The van der Waals surface area contributed by atoms with Crippen LogP contribution < -0.4 is 15.4 Å². The van der Waals surface area contributed by atoms with E-state index in [1.54, 1.807) is 7.05 Å². The molecule has 1 rings (SSSR count). The standard InChI is InChI=1S/C12H18N2O2/c1-5-16-11-7-8(2)10(6-9(11)3)14-12(15)13-4/h6-7H,5H2,1-4H3,(H2,13,14,15). The Kier molecular flexibility index (Phi) is 4.17. The zero-order valence-electron chi connectivity index (χ0n) is 10.2. The predicted molar refractivity (Wildman–Crippen MR) is 65.2 cm³/mol. The van der Waals surface area contributed by atoms with Crippen LogP contribution in [0.15, 0.2) is 12.1 Å². The van der Waals surface area contributed by atoms with Crippen molar-refractivity contribution in [2.75, 3.05) is 19.0 Å². The van der Waals surface area contributed by atoms with Crippen LogP contribution in [-0.2, 0) is 0 Å². The normalized spacial score (nSPS) is 9.75. The number of rotatable bonds is 3. The van der Waals surface area contributed by atoms with Crippen molar-refractivity contribution >= 4 is 11.7 Å². The Labute approximate surface area is 96.0 Å². The van der Waals surface area contributed by atoms with E-state index in [1.165, 1.54) is 0 Å². The highest BCUT2D eigenvalue weighted by Gasteiger charge is 2.07. The van der Waals surface area contributed by atoms with E-state index in [0.717, 1.165) is 22.6 Å². The van der Waals surface area contributed by atoms with Crippen LogP contribution in [0.3, 0.4) is 0 Å². The van der Waals surface area contributed by atoms with E-state index in [-0.39, 0.29) is 6.03 Å². The molecule has 0 heterocycles. The van der Waals surface area contributed by atoms with Crippen LogP contribution in [0.5, 0.6) is 5.75 Å². The van der Waals surface area contributed by atoms with Gasteiger partial charge in [0.05, 0.1) is 6.61 Å². The van der Waals surface area contributed by atoms with Gasteiger partial charge in [0, 0.05) is 12.7 Å². The van der Waals surface area contributed by atoms with Crippen molar-refractivity contribution in [2.24, 2.45) is 0 Å². The first-order valence-electron chi connectivity index (χ1n) is 5.31. The van der Waals surface area contributed by atoms with E-state index in [4.69, 9.17) is 4.74 Å². The molecule has 0 aromatic heterocycles. The minimum Gasteiger partial charge on any atom is -0.494 e. The van der Waals surface area contributed by atoms with Crippen LogP contribution in [0, 0.1) is 13.8 Å². The van der Waals surface area contributed by atoms with E-state index in [1.807, 2.05) is 32.9 Å². The number of benzene rings is 1. The van der Waals surface area contributed by atoms with Crippen LogP contribution in [0.4, 0.5) is 10.5 Å². The minimum absolute atomic E-state index is 0.216. The summed E-state index contributed by atoms with van der Waals surface area (Å²) in [4.78, 5) is 11.2. The summed E-state index contributed by atoms with van der Waals surface area (Å²) in [6.07, 6.45) is 0. The average molecular weight is 222 g/mol. The van der Waals surface area contributed by atoms with E-state index in [9.17, 15) is 4.79 Å². The molecule has 0 aliphatic carbocycles. The Hall–Kier alpha value is -1.71. The van der Waals surface area contributed by atoms with Crippen molar-refractivity contribution in [3.05, 3.63) is 23.3 Å². The summed E-state index contributed by atoms with van der Waals surface area (Å²) in [5.74, 6) is 0.863. The number of nitrogens with one attached hydrogen (secondary N) is 2. The third-order valence-corrected chi connectivity index (χ3v) is 2.30. The van der Waals surface area contributed by atoms with Crippen molar-refractivity contribution in [3.63, 3.8) is 0 Å². The zero-order chi connectivity index (χ0) is 12.1. The maximum absolute atomic E-state index is 11.2. The lowest BCUT2D eigenvalue weighted by Gasteiger charge is -2.13. The highest BCUT2D eigenvalue weighted by atomic mass is 16.5. The SMILES string of the molecule is CCOc1cc(C)c(NC(=O)NC)cc1C. The van der Waals surface area contributed by atoms with Gasteiger partial charge in [-0.3, -0.25) is 0 Å². The van der Waals surface area contributed by atoms with Crippen molar-refractivity contribution in [2.45, 2.75) is 20.8 Å². The Balaban J connectivity index is 2.96. The van der Waals surface area contributed by atoms with Crippen LogP contribution in [0.25, 0.3) is 0 Å². The Bertz CT molecular complexity index is 389. The molecule has 0 saturated carbocycles. The number of carbonyl (C=O) groups excluding carboxylic acids is 1. The molecule has 0 aliphatic heterocycles. The monoisotopic (exact) mass is 222 g/mol. The molecule has 0 spiro atoms. The molecular formula is C12H18N2O2. The second-order valence-electron chi connectivity index (χ2n) is 3.57. The maximum atomic E-state index is 11.2. The number of anilines is 1. The summed E-state index contributed by atoms with van der Waals surface area (Å²) in [5.41, 5.74) is 2.80. The fraction of sp³-hybridized carbons (Fsp3) is 0.417. The lowest BCUT2D eigenvalue weighted by Crippen LogP contribution is -2.24. The fourth-order valence-corrected chi connectivity index (χ4v) is 1.42. The molecule has 0 aliphatic rings. The van der Waals surface area contributed by atoms with E-state index in [0.29, 0.717) is 6.61 Å². The predicted octanol–water partition coefficient (Wildman–Crippen LogP) is 2.45. The van der Waals surface area contributed by atoms with Gasteiger partial charge in [0.15, 0.2) is 0 Å². The maximum Gasteiger partial charge on any atom is 0.318 e. The summed E-state index contributed by atoms with van der Waals surface area (Å²) >= 11 is 0. The molecule has 16 heavy (non-hydrogen) atoms. The van der Waals surface area contributed by atoms with Gasteiger partial charge in [-0.2, -0.15) is 0 Å². The molecule has 88 valence electrons. The van der Waals surface area contributed by atoms with Gasteiger partial charge >= 0.3 is 6.03 Å². The molecule has 0 bridgehead atoms. The van der Waals surface area contributed by atoms with Gasteiger partial charge in [0.1, 0.15) is 5.75 Å². The number of carbonyl (C=O) groups is 1. The lowest BCUT2D eigenvalue weighted by molar-refractivity contribution is 0.254. The molecule has 0 radical (unpaired) electrons. The van der Waals surface area contributed by atoms with Crippen LogP contribution >= 0.6 is 0 Å². The highest BCUT2D eigenvalue weighted by Crippen LogP contribution is 2.26. The fourth-order valence-electron chi connectivity index (χ4n) is 1.42. The topological polar surface area (TPSA) is 50.4 Å². The van der Waals surface area contributed by atoms with Crippen molar-refractivity contribution in [1.82, 2.24) is 5.32 Å². The van der Waals surface area contributed by atoms with Gasteiger partial charge in [0.2, 0.25) is 0 Å². The van der Waals surface area contributed by atoms with Gasteiger partial charge in [-0.25, -0.2) is 4.79 Å². The van der Waals surface area contributed by atoms with Gasteiger partial charge in [0.25, 0.3) is 0 Å². The largest absolute Gasteiger partial charge is 0.494 e. The first-order valence-corrected chi connectivity index (χ1v) is 5.31. The lowest BCUT2D eigenvalue weighted by atomic mass is 10.1. The Morgan fingerprint density at radius 3 is 2.56 bits per heavy atom. The van der Waals surface area contributed by atoms with Crippen molar-refractivity contribution in [1.29, 1.82) is 0 Å². The molecule has 0 fully saturated rings. The molecule has 2 N–H and O–H groups in total. The van der Waals surface area contributed by atoms with Crippen LogP contribution in [0.2, 0.25) is 0 Å². The summed E-state index contributed by atoms with van der Waals surface area (Å²) in [6.45, 7) is 6.49. The molecule has 4 nitrogen and oxygen atoms in total. The smallest absolute Gasteiger partial charge is 0.318 e. The van der Waals surface area contributed by atoms with E-state index < -0.39 is 0 Å². The molecule has 1 aromatic carbocycles. The second-order valence-corrected chi connectivity index (χ2v) is 3.57. The third kappa shape index (κ3) is 2.89.